The molecule has 15 heavy (non-hydrogen) atoms. The number of halogens is 1. The number of aliphatic hydroxyl groups excluding tert-OH is 1. The quantitative estimate of drug-likeness (QED) is 0.829. The molecule has 0 aliphatic carbocycles. The third-order valence-corrected chi connectivity index (χ3v) is 2.11. The highest BCUT2D eigenvalue weighted by Crippen LogP contribution is 2.16. The van der Waals surface area contributed by atoms with Crippen molar-refractivity contribution < 1.29 is 9.50 Å². The molecule has 1 heterocycles. The number of rotatable bonds is 3. The first-order valence-corrected chi connectivity index (χ1v) is 4.70. The van der Waals surface area contributed by atoms with Crippen LogP contribution < -0.4 is 0 Å². The predicted molar refractivity (Wildman–Crippen MR) is 54.7 cm³/mol. The zero-order chi connectivity index (χ0) is 10.7. The molecule has 0 atom stereocenters. The topological polar surface area (TPSA) is 38.0 Å². The summed E-state index contributed by atoms with van der Waals surface area (Å²) >= 11 is 0. The van der Waals surface area contributed by atoms with Gasteiger partial charge < -0.3 is 5.11 Å². The van der Waals surface area contributed by atoms with Crippen molar-refractivity contribution in [1.29, 1.82) is 0 Å². The van der Waals surface area contributed by atoms with Crippen LogP contribution in [0.2, 0.25) is 0 Å². The van der Waals surface area contributed by atoms with Gasteiger partial charge in [-0.1, -0.05) is 0 Å². The number of aromatic nitrogens is 2. The highest BCUT2D eigenvalue weighted by atomic mass is 19.1. The van der Waals surface area contributed by atoms with Crippen LogP contribution in [0, 0.1) is 5.82 Å². The van der Waals surface area contributed by atoms with Gasteiger partial charge in [-0.3, -0.25) is 4.68 Å². The lowest BCUT2D eigenvalue weighted by Crippen LogP contribution is -2.02. The molecular weight excluding hydrogens is 195 g/mol. The molecule has 0 unspecified atom stereocenters. The average Bonchev–Trinajstić information content (AvgIpc) is 2.68. The van der Waals surface area contributed by atoms with Crippen molar-refractivity contribution in [3.05, 3.63) is 42.3 Å². The molecule has 2 rings (SSSR count). The molecular formula is C11H11FN2O. The maximum atomic E-state index is 12.7. The van der Waals surface area contributed by atoms with Gasteiger partial charge in [0.15, 0.2) is 0 Å². The van der Waals surface area contributed by atoms with Gasteiger partial charge in [0.25, 0.3) is 0 Å². The van der Waals surface area contributed by atoms with Gasteiger partial charge in [-0.15, -0.1) is 0 Å². The lowest BCUT2D eigenvalue weighted by Gasteiger charge is -1.97. The summed E-state index contributed by atoms with van der Waals surface area (Å²) in [5.41, 5.74) is 1.65. The molecule has 1 N–H and O–H groups in total. The standard InChI is InChI=1S/C11H11FN2O/c12-10-3-1-9(2-4-10)11-5-6-14(13-11)7-8-15/h1-6,15H,7-8H2. The lowest BCUT2D eigenvalue weighted by atomic mass is 10.1. The van der Waals surface area contributed by atoms with E-state index in [9.17, 15) is 4.39 Å². The van der Waals surface area contributed by atoms with Crippen molar-refractivity contribution in [2.75, 3.05) is 6.61 Å². The first kappa shape index (κ1) is 9.86. The number of benzene rings is 1. The van der Waals surface area contributed by atoms with Crippen LogP contribution in [0.3, 0.4) is 0 Å². The second kappa shape index (κ2) is 4.23. The minimum Gasteiger partial charge on any atom is -0.394 e. The van der Waals surface area contributed by atoms with Crippen LogP contribution in [-0.4, -0.2) is 21.5 Å². The van der Waals surface area contributed by atoms with E-state index in [-0.39, 0.29) is 12.4 Å². The molecule has 4 heteroatoms. The van der Waals surface area contributed by atoms with E-state index in [1.807, 2.05) is 6.07 Å². The average molecular weight is 206 g/mol. The molecule has 0 spiro atoms. The highest BCUT2D eigenvalue weighted by molar-refractivity contribution is 5.58. The van der Waals surface area contributed by atoms with Gasteiger partial charge in [0, 0.05) is 11.8 Å². The number of hydrogen-bond acceptors (Lipinski definition) is 2. The first-order chi connectivity index (χ1) is 7.29. The molecule has 0 saturated carbocycles. The van der Waals surface area contributed by atoms with E-state index in [1.54, 1.807) is 23.0 Å². The summed E-state index contributed by atoms with van der Waals surface area (Å²) in [5.74, 6) is -0.256. The van der Waals surface area contributed by atoms with Gasteiger partial charge in [0.05, 0.1) is 18.8 Å². The van der Waals surface area contributed by atoms with Crippen molar-refractivity contribution in [3.63, 3.8) is 0 Å². The fourth-order valence-electron chi connectivity index (χ4n) is 1.36. The first-order valence-electron chi connectivity index (χ1n) is 4.70. The normalized spacial score (nSPS) is 10.5. The van der Waals surface area contributed by atoms with Crippen molar-refractivity contribution >= 4 is 0 Å². The molecule has 0 saturated heterocycles. The van der Waals surface area contributed by atoms with Gasteiger partial charge in [-0.25, -0.2) is 4.39 Å². The van der Waals surface area contributed by atoms with E-state index in [0.717, 1.165) is 11.3 Å². The summed E-state index contributed by atoms with van der Waals surface area (Å²) in [6.07, 6.45) is 1.79. The van der Waals surface area contributed by atoms with Crippen LogP contribution in [0.25, 0.3) is 11.3 Å². The molecule has 0 radical (unpaired) electrons. The van der Waals surface area contributed by atoms with Crippen LogP contribution in [0.15, 0.2) is 36.5 Å². The third-order valence-electron chi connectivity index (χ3n) is 2.11. The van der Waals surface area contributed by atoms with Crippen molar-refractivity contribution in [3.8, 4) is 11.3 Å². The minimum atomic E-state index is -0.256. The maximum absolute atomic E-state index is 12.7. The van der Waals surface area contributed by atoms with Crippen molar-refractivity contribution in [2.45, 2.75) is 6.54 Å². The Hall–Kier alpha value is -1.68. The Morgan fingerprint density at radius 1 is 1.20 bits per heavy atom. The van der Waals surface area contributed by atoms with Crippen molar-refractivity contribution in [2.24, 2.45) is 0 Å². The molecule has 0 bridgehead atoms. The number of nitrogens with zero attached hydrogens (tertiary/aromatic N) is 2. The monoisotopic (exact) mass is 206 g/mol. The summed E-state index contributed by atoms with van der Waals surface area (Å²) in [4.78, 5) is 0. The molecule has 0 aliphatic heterocycles. The van der Waals surface area contributed by atoms with Crippen LogP contribution >= 0.6 is 0 Å². The molecule has 2 aromatic rings. The van der Waals surface area contributed by atoms with Gasteiger partial charge in [-0.05, 0) is 30.3 Å². The molecule has 1 aromatic heterocycles. The van der Waals surface area contributed by atoms with E-state index >= 15 is 0 Å². The third kappa shape index (κ3) is 2.22. The van der Waals surface area contributed by atoms with Crippen LogP contribution in [0.4, 0.5) is 4.39 Å². The zero-order valence-electron chi connectivity index (χ0n) is 8.10. The predicted octanol–water partition coefficient (Wildman–Crippen LogP) is 1.68. The van der Waals surface area contributed by atoms with Crippen LogP contribution in [-0.2, 0) is 6.54 Å². The molecule has 0 amide bonds. The van der Waals surface area contributed by atoms with E-state index in [2.05, 4.69) is 5.10 Å². The van der Waals surface area contributed by atoms with E-state index in [4.69, 9.17) is 5.11 Å². The summed E-state index contributed by atoms with van der Waals surface area (Å²) in [6, 6.07) is 8.01. The zero-order valence-corrected chi connectivity index (χ0v) is 8.10. The van der Waals surface area contributed by atoms with Gasteiger partial charge in [0.1, 0.15) is 5.82 Å². The smallest absolute Gasteiger partial charge is 0.123 e. The maximum Gasteiger partial charge on any atom is 0.123 e. The van der Waals surface area contributed by atoms with Gasteiger partial charge in [-0.2, -0.15) is 5.10 Å². The molecule has 1 aromatic carbocycles. The van der Waals surface area contributed by atoms with Gasteiger partial charge >= 0.3 is 0 Å². The van der Waals surface area contributed by atoms with Crippen molar-refractivity contribution in [1.82, 2.24) is 9.78 Å². The van der Waals surface area contributed by atoms with Crippen LogP contribution in [0.1, 0.15) is 0 Å². The summed E-state index contributed by atoms with van der Waals surface area (Å²) in [7, 11) is 0. The molecule has 0 aliphatic rings. The second-order valence-electron chi connectivity index (χ2n) is 3.19. The Morgan fingerprint density at radius 3 is 2.60 bits per heavy atom. The Bertz CT molecular complexity index is 436. The Balaban J connectivity index is 2.25. The Morgan fingerprint density at radius 2 is 1.93 bits per heavy atom. The molecule has 0 fully saturated rings. The SMILES string of the molecule is OCCn1ccc(-c2ccc(F)cc2)n1. The summed E-state index contributed by atoms with van der Waals surface area (Å²) < 4.78 is 14.3. The lowest BCUT2D eigenvalue weighted by molar-refractivity contribution is 0.269. The summed E-state index contributed by atoms with van der Waals surface area (Å²) in [5, 5.41) is 13.0. The Labute approximate surface area is 86.8 Å². The van der Waals surface area contributed by atoms with E-state index in [1.165, 1.54) is 12.1 Å². The largest absolute Gasteiger partial charge is 0.394 e. The van der Waals surface area contributed by atoms with E-state index < -0.39 is 0 Å². The Kier molecular flexibility index (Phi) is 2.78. The molecule has 3 nitrogen and oxygen atoms in total. The number of aliphatic hydroxyl groups is 1. The minimum absolute atomic E-state index is 0.0601. The fourth-order valence-corrected chi connectivity index (χ4v) is 1.36. The number of hydrogen-bond donors (Lipinski definition) is 1. The van der Waals surface area contributed by atoms with E-state index in [0.29, 0.717) is 6.54 Å². The highest BCUT2D eigenvalue weighted by Gasteiger charge is 2.01. The summed E-state index contributed by atoms with van der Waals surface area (Å²) in [6.45, 7) is 0.533. The van der Waals surface area contributed by atoms with Gasteiger partial charge in [0.2, 0.25) is 0 Å². The fraction of sp³-hybridized carbons (Fsp3) is 0.182. The second-order valence-corrected chi connectivity index (χ2v) is 3.19. The van der Waals surface area contributed by atoms with Crippen LogP contribution in [0.5, 0.6) is 0 Å². The molecule has 78 valence electrons.